The van der Waals surface area contributed by atoms with Crippen LogP contribution in [-0.4, -0.2) is 6.61 Å². The second kappa shape index (κ2) is 5.25. The number of benzene rings is 2. The molecule has 0 amide bonds. The van der Waals surface area contributed by atoms with E-state index in [9.17, 15) is 0 Å². The summed E-state index contributed by atoms with van der Waals surface area (Å²) in [6, 6.07) is 15.5. The third-order valence-electron chi connectivity index (χ3n) is 2.34. The Morgan fingerprint density at radius 3 is 2.47 bits per heavy atom. The summed E-state index contributed by atoms with van der Waals surface area (Å²) in [5, 5.41) is 3.28. The van der Waals surface area contributed by atoms with E-state index >= 15 is 0 Å². The Kier molecular flexibility index (Phi) is 3.50. The molecule has 0 aliphatic heterocycles. The lowest BCUT2D eigenvalue weighted by Crippen LogP contribution is -1.93. The van der Waals surface area contributed by atoms with Crippen LogP contribution in [0.25, 0.3) is 0 Å². The van der Waals surface area contributed by atoms with Gasteiger partial charge in [0, 0.05) is 17.1 Å². The Morgan fingerprint density at radius 2 is 1.82 bits per heavy atom. The van der Waals surface area contributed by atoms with Crippen molar-refractivity contribution in [3.05, 3.63) is 48.5 Å². The van der Waals surface area contributed by atoms with Gasteiger partial charge in [0.05, 0.1) is 6.61 Å². The van der Waals surface area contributed by atoms with E-state index in [2.05, 4.69) is 5.32 Å². The van der Waals surface area contributed by atoms with Crippen LogP contribution < -0.4 is 15.8 Å². The van der Waals surface area contributed by atoms with Gasteiger partial charge in [-0.3, -0.25) is 0 Å². The second-order valence-electron chi connectivity index (χ2n) is 3.71. The van der Waals surface area contributed by atoms with Crippen molar-refractivity contribution in [2.24, 2.45) is 0 Å². The van der Waals surface area contributed by atoms with Crippen molar-refractivity contribution in [2.45, 2.75) is 6.92 Å². The van der Waals surface area contributed by atoms with Crippen LogP contribution in [-0.2, 0) is 0 Å². The van der Waals surface area contributed by atoms with Crippen molar-refractivity contribution in [3.63, 3.8) is 0 Å². The zero-order valence-electron chi connectivity index (χ0n) is 9.81. The van der Waals surface area contributed by atoms with E-state index in [4.69, 9.17) is 10.5 Å². The van der Waals surface area contributed by atoms with Crippen LogP contribution in [0.5, 0.6) is 5.75 Å². The molecule has 0 aliphatic rings. The highest BCUT2D eigenvalue weighted by Gasteiger charge is 1.96. The first kappa shape index (κ1) is 11.3. The monoisotopic (exact) mass is 228 g/mol. The molecule has 0 bridgehead atoms. The third kappa shape index (κ3) is 3.14. The number of nitrogens with one attached hydrogen (secondary N) is 1. The summed E-state index contributed by atoms with van der Waals surface area (Å²) in [5.41, 5.74) is 8.46. The molecule has 3 N–H and O–H groups in total. The summed E-state index contributed by atoms with van der Waals surface area (Å²) >= 11 is 0. The fraction of sp³-hybridized carbons (Fsp3) is 0.143. The van der Waals surface area contributed by atoms with Gasteiger partial charge in [-0.2, -0.15) is 0 Å². The molecule has 0 radical (unpaired) electrons. The van der Waals surface area contributed by atoms with Gasteiger partial charge in [0.1, 0.15) is 5.75 Å². The van der Waals surface area contributed by atoms with Gasteiger partial charge in [-0.15, -0.1) is 0 Å². The Hall–Kier alpha value is -2.16. The molecule has 0 unspecified atom stereocenters. The molecule has 3 nitrogen and oxygen atoms in total. The van der Waals surface area contributed by atoms with Gasteiger partial charge in [-0.25, -0.2) is 0 Å². The average molecular weight is 228 g/mol. The molecule has 0 saturated heterocycles. The lowest BCUT2D eigenvalue weighted by atomic mass is 10.2. The maximum atomic E-state index is 5.72. The quantitative estimate of drug-likeness (QED) is 0.788. The van der Waals surface area contributed by atoms with E-state index < -0.39 is 0 Å². The third-order valence-corrected chi connectivity index (χ3v) is 2.34. The van der Waals surface area contributed by atoms with Crippen molar-refractivity contribution in [1.82, 2.24) is 0 Å². The van der Waals surface area contributed by atoms with E-state index in [0.717, 1.165) is 22.8 Å². The Morgan fingerprint density at radius 1 is 1.06 bits per heavy atom. The molecule has 3 heteroatoms. The molecule has 2 aromatic carbocycles. The van der Waals surface area contributed by atoms with Gasteiger partial charge < -0.3 is 15.8 Å². The van der Waals surface area contributed by atoms with E-state index in [0.29, 0.717) is 6.61 Å². The molecule has 0 aromatic heterocycles. The molecule has 0 saturated carbocycles. The summed E-state index contributed by atoms with van der Waals surface area (Å²) in [6.07, 6.45) is 0. The van der Waals surface area contributed by atoms with Crippen LogP contribution in [0.1, 0.15) is 6.92 Å². The van der Waals surface area contributed by atoms with Crippen LogP contribution >= 0.6 is 0 Å². The van der Waals surface area contributed by atoms with Crippen LogP contribution in [0.15, 0.2) is 48.5 Å². The van der Waals surface area contributed by atoms with Gasteiger partial charge >= 0.3 is 0 Å². The lowest BCUT2D eigenvalue weighted by molar-refractivity contribution is 0.340. The highest BCUT2D eigenvalue weighted by Crippen LogP contribution is 2.21. The number of hydrogen-bond acceptors (Lipinski definition) is 3. The van der Waals surface area contributed by atoms with Crippen LogP contribution in [0, 0.1) is 0 Å². The van der Waals surface area contributed by atoms with E-state index in [1.807, 2.05) is 55.5 Å². The number of nitrogens with two attached hydrogens (primary N) is 1. The zero-order valence-corrected chi connectivity index (χ0v) is 9.81. The average Bonchev–Trinajstić information content (AvgIpc) is 2.32. The van der Waals surface area contributed by atoms with Crippen molar-refractivity contribution in [1.29, 1.82) is 0 Å². The van der Waals surface area contributed by atoms with E-state index in [1.165, 1.54) is 0 Å². The first-order chi connectivity index (χ1) is 8.28. The summed E-state index contributed by atoms with van der Waals surface area (Å²) in [5.74, 6) is 0.880. The fourth-order valence-corrected chi connectivity index (χ4v) is 1.58. The summed E-state index contributed by atoms with van der Waals surface area (Å²) in [4.78, 5) is 0. The maximum Gasteiger partial charge on any atom is 0.119 e. The minimum absolute atomic E-state index is 0.683. The normalized spacial score (nSPS) is 9.94. The van der Waals surface area contributed by atoms with Gasteiger partial charge in [0.15, 0.2) is 0 Å². The highest BCUT2D eigenvalue weighted by atomic mass is 16.5. The predicted octanol–water partition coefficient (Wildman–Crippen LogP) is 3.41. The molecular weight excluding hydrogens is 212 g/mol. The van der Waals surface area contributed by atoms with Crippen LogP contribution in [0.4, 0.5) is 17.1 Å². The minimum Gasteiger partial charge on any atom is -0.494 e. The highest BCUT2D eigenvalue weighted by molar-refractivity contribution is 5.63. The predicted molar refractivity (Wildman–Crippen MR) is 71.7 cm³/mol. The van der Waals surface area contributed by atoms with Crippen molar-refractivity contribution in [2.75, 3.05) is 17.7 Å². The van der Waals surface area contributed by atoms with E-state index in [1.54, 1.807) is 0 Å². The topological polar surface area (TPSA) is 47.3 Å². The molecule has 0 heterocycles. The number of nitrogen functional groups attached to an aromatic ring is 1. The van der Waals surface area contributed by atoms with Crippen molar-refractivity contribution >= 4 is 17.1 Å². The van der Waals surface area contributed by atoms with Crippen LogP contribution in [0.3, 0.4) is 0 Å². The molecule has 17 heavy (non-hydrogen) atoms. The molecule has 0 atom stereocenters. The molecular formula is C14H16N2O. The zero-order chi connectivity index (χ0) is 12.1. The minimum atomic E-state index is 0.683. The summed E-state index contributed by atoms with van der Waals surface area (Å²) in [7, 11) is 0. The van der Waals surface area contributed by atoms with E-state index in [-0.39, 0.29) is 0 Å². The molecule has 2 rings (SSSR count). The number of hydrogen-bond donors (Lipinski definition) is 2. The Labute approximate surface area is 101 Å². The van der Waals surface area contributed by atoms with Crippen molar-refractivity contribution in [3.8, 4) is 5.75 Å². The molecule has 88 valence electrons. The van der Waals surface area contributed by atoms with Gasteiger partial charge in [0.25, 0.3) is 0 Å². The molecule has 0 spiro atoms. The van der Waals surface area contributed by atoms with Crippen LogP contribution in [0.2, 0.25) is 0 Å². The summed E-state index contributed by atoms with van der Waals surface area (Å²) in [6.45, 7) is 2.65. The fourth-order valence-electron chi connectivity index (χ4n) is 1.58. The van der Waals surface area contributed by atoms with Crippen molar-refractivity contribution < 1.29 is 4.74 Å². The maximum absolute atomic E-state index is 5.72. The molecule has 0 aliphatic carbocycles. The number of ether oxygens (including phenoxy) is 1. The Bertz CT molecular complexity index is 480. The SMILES string of the molecule is CCOc1ccc(Nc2cccc(N)c2)cc1. The number of rotatable bonds is 4. The Balaban J connectivity index is 2.08. The van der Waals surface area contributed by atoms with Gasteiger partial charge in [-0.1, -0.05) is 6.07 Å². The summed E-state index contributed by atoms with van der Waals surface area (Å²) < 4.78 is 5.38. The second-order valence-corrected chi connectivity index (χ2v) is 3.71. The van der Waals surface area contributed by atoms with Gasteiger partial charge in [0.2, 0.25) is 0 Å². The lowest BCUT2D eigenvalue weighted by Gasteiger charge is -2.08. The molecule has 0 fully saturated rings. The smallest absolute Gasteiger partial charge is 0.119 e. The van der Waals surface area contributed by atoms with Gasteiger partial charge in [-0.05, 0) is 49.4 Å². The standard InChI is InChI=1S/C14H16N2O/c1-2-17-14-8-6-12(7-9-14)16-13-5-3-4-11(15)10-13/h3-10,16H,2,15H2,1H3. The largest absolute Gasteiger partial charge is 0.494 e. The number of anilines is 3. The first-order valence-corrected chi connectivity index (χ1v) is 5.63. The first-order valence-electron chi connectivity index (χ1n) is 5.63. The molecule has 2 aromatic rings.